The summed E-state index contributed by atoms with van der Waals surface area (Å²) in [6, 6.07) is 0. The fraction of sp³-hybridized carbons (Fsp3) is 0.714. The second kappa shape index (κ2) is 4.71. The minimum atomic E-state index is -0.789. The van der Waals surface area contributed by atoms with Gasteiger partial charge >= 0.3 is 5.97 Å². The van der Waals surface area contributed by atoms with E-state index < -0.39 is 6.29 Å². The molecule has 4 nitrogen and oxygen atoms in total. The first-order valence-electron chi connectivity index (χ1n) is 3.37. The third kappa shape index (κ3) is 4.36. The lowest BCUT2D eigenvalue weighted by molar-refractivity contribution is -0.179. The van der Waals surface area contributed by atoms with E-state index >= 15 is 0 Å². The molecule has 0 N–H and O–H groups in total. The average Bonchev–Trinajstić information content (AvgIpc) is 1.87. The van der Waals surface area contributed by atoms with Crippen LogP contribution in [0.3, 0.4) is 0 Å². The summed E-state index contributed by atoms with van der Waals surface area (Å²) < 4.78 is 9.00. The van der Waals surface area contributed by atoms with Crippen molar-refractivity contribution in [2.24, 2.45) is 5.92 Å². The van der Waals surface area contributed by atoms with Gasteiger partial charge in [-0.05, 0) is 0 Å². The molecule has 4 heteroatoms. The second-order valence-electron chi connectivity index (χ2n) is 2.39. The summed E-state index contributed by atoms with van der Waals surface area (Å²) in [5.41, 5.74) is 0. The minimum Gasteiger partial charge on any atom is -0.428 e. The molecule has 0 aromatic heterocycles. The van der Waals surface area contributed by atoms with Crippen LogP contribution in [0.4, 0.5) is 0 Å². The van der Waals surface area contributed by atoms with Crippen LogP contribution in [0, 0.1) is 5.92 Å². The van der Waals surface area contributed by atoms with Crippen molar-refractivity contribution in [3.05, 3.63) is 0 Å². The van der Waals surface area contributed by atoms with Gasteiger partial charge in [0.25, 0.3) is 6.47 Å². The molecule has 0 saturated carbocycles. The zero-order valence-electron chi connectivity index (χ0n) is 6.87. The maximum Gasteiger partial charge on any atom is 0.311 e. The van der Waals surface area contributed by atoms with Crippen LogP contribution < -0.4 is 0 Å². The third-order valence-corrected chi connectivity index (χ3v) is 1.00. The van der Waals surface area contributed by atoms with Crippen molar-refractivity contribution in [3.63, 3.8) is 0 Å². The monoisotopic (exact) mass is 160 g/mol. The van der Waals surface area contributed by atoms with Crippen molar-refractivity contribution in [1.82, 2.24) is 0 Å². The van der Waals surface area contributed by atoms with Crippen molar-refractivity contribution < 1.29 is 19.1 Å². The van der Waals surface area contributed by atoms with Crippen LogP contribution in [0.2, 0.25) is 0 Å². The van der Waals surface area contributed by atoms with E-state index in [1.165, 1.54) is 6.92 Å². The van der Waals surface area contributed by atoms with E-state index in [-0.39, 0.29) is 18.4 Å². The van der Waals surface area contributed by atoms with Crippen molar-refractivity contribution >= 4 is 12.4 Å². The van der Waals surface area contributed by atoms with Gasteiger partial charge in [-0.2, -0.15) is 0 Å². The normalized spacial score (nSPS) is 12.4. The van der Waals surface area contributed by atoms with Crippen LogP contribution in [-0.2, 0) is 19.1 Å². The molecule has 11 heavy (non-hydrogen) atoms. The Kier molecular flexibility index (Phi) is 4.26. The van der Waals surface area contributed by atoms with Crippen molar-refractivity contribution in [2.45, 2.75) is 27.1 Å². The summed E-state index contributed by atoms with van der Waals surface area (Å²) in [5.74, 6) is -0.577. The third-order valence-electron chi connectivity index (χ3n) is 1.00. The Labute approximate surface area is 65.5 Å². The molecule has 0 spiro atoms. The highest BCUT2D eigenvalue weighted by atomic mass is 16.7. The number of rotatable bonds is 4. The molecule has 0 bridgehead atoms. The van der Waals surface area contributed by atoms with Crippen molar-refractivity contribution in [3.8, 4) is 0 Å². The van der Waals surface area contributed by atoms with Crippen LogP contribution in [0.5, 0.6) is 0 Å². The molecule has 0 amide bonds. The molecular weight excluding hydrogens is 148 g/mol. The second-order valence-corrected chi connectivity index (χ2v) is 2.39. The molecular formula is C7H12O4. The molecule has 0 fully saturated rings. The molecule has 0 saturated heterocycles. The number of carbonyl (C=O) groups excluding carboxylic acids is 2. The Morgan fingerprint density at radius 3 is 2.27 bits per heavy atom. The van der Waals surface area contributed by atoms with Gasteiger partial charge in [0.2, 0.25) is 6.29 Å². The molecule has 64 valence electrons. The van der Waals surface area contributed by atoms with Crippen LogP contribution in [0.15, 0.2) is 0 Å². The molecule has 0 heterocycles. The number of ether oxygens (including phenoxy) is 2. The van der Waals surface area contributed by atoms with Gasteiger partial charge in [-0.1, -0.05) is 13.8 Å². The molecule has 0 aromatic rings. The molecule has 0 aromatic carbocycles. The average molecular weight is 160 g/mol. The van der Waals surface area contributed by atoms with Crippen LogP contribution in [0.25, 0.3) is 0 Å². The van der Waals surface area contributed by atoms with Crippen LogP contribution in [0.1, 0.15) is 20.8 Å². The van der Waals surface area contributed by atoms with E-state index in [4.69, 9.17) is 0 Å². The van der Waals surface area contributed by atoms with E-state index in [0.717, 1.165) is 0 Å². The summed E-state index contributed by atoms with van der Waals surface area (Å²) in [4.78, 5) is 20.6. The number of carbonyl (C=O) groups is 2. The first kappa shape index (κ1) is 9.94. The van der Waals surface area contributed by atoms with E-state index in [9.17, 15) is 9.59 Å². The summed E-state index contributed by atoms with van der Waals surface area (Å²) in [5, 5.41) is 0. The summed E-state index contributed by atoms with van der Waals surface area (Å²) in [6.45, 7) is 5.14. The summed E-state index contributed by atoms with van der Waals surface area (Å²) >= 11 is 0. The lowest BCUT2D eigenvalue weighted by Gasteiger charge is -2.11. The van der Waals surface area contributed by atoms with Crippen molar-refractivity contribution in [1.29, 1.82) is 0 Å². The summed E-state index contributed by atoms with van der Waals surface area (Å²) in [7, 11) is 0. The zero-order chi connectivity index (χ0) is 8.85. The topological polar surface area (TPSA) is 52.6 Å². The van der Waals surface area contributed by atoms with Crippen LogP contribution >= 0.6 is 0 Å². The molecule has 0 rings (SSSR count). The Bertz CT molecular complexity index is 141. The van der Waals surface area contributed by atoms with Gasteiger partial charge in [0, 0.05) is 6.92 Å². The molecule has 0 aliphatic heterocycles. The Morgan fingerprint density at radius 2 is 1.91 bits per heavy atom. The van der Waals surface area contributed by atoms with Gasteiger partial charge in [-0.25, -0.2) is 0 Å². The Balaban J connectivity index is 3.65. The first-order chi connectivity index (χ1) is 5.07. The van der Waals surface area contributed by atoms with E-state index in [2.05, 4.69) is 9.47 Å². The predicted octanol–water partition coefficient (Wildman–Crippen LogP) is 0.705. The predicted molar refractivity (Wildman–Crippen MR) is 37.5 cm³/mol. The number of hydrogen-bond donors (Lipinski definition) is 0. The SMILES string of the molecule is CC(C)C(=O)O[C@@H](C)OC=O. The Hall–Kier alpha value is -1.06. The van der Waals surface area contributed by atoms with Gasteiger partial charge < -0.3 is 9.47 Å². The largest absolute Gasteiger partial charge is 0.428 e. The fourth-order valence-corrected chi connectivity index (χ4v) is 0.406. The number of esters is 1. The van der Waals surface area contributed by atoms with Gasteiger partial charge in [0.05, 0.1) is 5.92 Å². The van der Waals surface area contributed by atoms with Gasteiger partial charge in [-0.15, -0.1) is 0 Å². The minimum absolute atomic E-state index is 0.201. The highest BCUT2D eigenvalue weighted by molar-refractivity contribution is 5.71. The van der Waals surface area contributed by atoms with Crippen LogP contribution in [-0.4, -0.2) is 18.7 Å². The Morgan fingerprint density at radius 1 is 1.36 bits per heavy atom. The molecule has 0 radical (unpaired) electrons. The van der Waals surface area contributed by atoms with Gasteiger partial charge in [0.1, 0.15) is 0 Å². The number of hydrogen-bond acceptors (Lipinski definition) is 4. The molecule has 1 atom stereocenters. The van der Waals surface area contributed by atoms with E-state index in [0.29, 0.717) is 0 Å². The maximum atomic E-state index is 10.8. The standard InChI is InChI=1S/C7H12O4/c1-5(2)7(9)11-6(3)10-4-8/h4-6H,1-3H3/t6-/m0/s1. The lowest BCUT2D eigenvalue weighted by Crippen LogP contribution is -2.20. The highest BCUT2D eigenvalue weighted by Gasteiger charge is 2.12. The smallest absolute Gasteiger partial charge is 0.311 e. The van der Waals surface area contributed by atoms with Gasteiger partial charge in [0.15, 0.2) is 0 Å². The van der Waals surface area contributed by atoms with Crippen molar-refractivity contribution in [2.75, 3.05) is 0 Å². The molecule has 0 unspecified atom stereocenters. The first-order valence-corrected chi connectivity index (χ1v) is 3.37. The molecule has 0 aliphatic carbocycles. The maximum absolute atomic E-state index is 10.8. The lowest BCUT2D eigenvalue weighted by atomic mass is 10.2. The fourth-order valence-electron chi connectivity index (χ4n) is 0.406. The quantitative estimate of drug-likeness (QED) is 0.345. The zero-order valence-corrected chi connectivity index (χ0v) is 6.87. The summed E-state index contributed by atoms with van der Waals surface area (Å²) in [6.07, 6.45) is -0.789. The van der Waals surface area contributed by atoms with E-state index in [1.807, 2.05) is 0 Å². The van der Waals surface area contributed by atoms with Gasteiger partial charge in [-0.3, -0.25) is 9.59 Å². The highest BCUT2D eigenvalue weighted by Crippen LogP contribution is 2.00. The van der Waals surface area contributed by atoms with E-state index in [1.54, 1.807) is 13.8 Å². The molecule has 0 aliphatic rings.